The van der Waals surface area contributed by atoms with Crippen LogP contribution in [-0.2, 0) is 0 Å². The van der Waals surface area contributed by atoms with Gasteiger partial charge >= 0.3 is 0 Å². The molecule has 0 spiro atoms. The molecule has 13 heavy (non-hydrogen) atoms. The van der Waals surface area contributed by atoms with E-state index in [1.165, 1.54) is 6.07 Å². The monoisotopic (exact) mass is 178 g/mol. The number of hydrogen-bond acceptors (Lipinski definition) is 2. The number of fused-ring (bicyclic) bond motifs is 1. The minimum absolute atomic E-state index is 0.253. The highest BCUT2D eigenvalue weighted by atomic mass is 19.1. The number of aryl methyl sites for hydroxylation is 1. The van der Waals surface area contributed by atoms with Crippen molar-refractivity contribution in [3.63, 3.8) is 0 Å². The van der Waals surface area contributed by atoms with Crippen LogP contribution < -0.4 is 0 Å². The first-order chi connectivity index (χ1) is 6.20. The van der Waals surface area contributed by atoms with Gasteiger partial charge in [0.2, 0.25) is 0 Å². The summed E-state index contributed by atoms with van der Waals surface area (Å²) in [6.45, 7) is 1.76. The van der Waals surface area contributed by atoms with E-state index in [-0.39, 0.29) is 5.56 Å². The van der Waals surface area contributed by atoms with Gasteiger partial charge in [-0.2, -0.15) is 0 Å². The molecule has 66 valence electrons. The first kappa shape index (κ1) is 7.98. The topological polar surface area (TPSA) is 30.2 Å². The van der Waals surface area contributed by atoms with Crippen LogP contribution in [0.3, 0.4) is 0 Å². The van der Waals surface area contributed by atoms with Gasteiger partial charge in [-0.3, -0.25) is 4.79 Å². The predicted molar refractivity (Wildman–Crippen MR) is 46.3 cm³/mol. The lowest BCUT2D eigenvalue weighted by molar-refractivity contribution is 0.112. The zero-order valence-electron chi connectivity index (χ0n) is 7.00. The van der Waals surface area contributed by atoms with Gasteiger partial charge in [-0.25, -0.2) is 4.39 Å². The summed E-state index contributed by atoms with van der Waals surface area (Å²) in [5.74, 6) is 0.249. The Bertz CT molecular complexity index is 471. The number of halogens is 1. The van der Waals surface area contributed by atoms with Gasteiger partial charge in [0, 0.05) is 5.39 Å². The van der Waals surface area contributed by atoms with Crippen molar-refractivity contribution in [2.75, 3.05) is 0 Å². The lowest BCUT2D eigenvalue weighted by Crippen LogP contribution is -1.82. The fraction of sp³-hybridized carbons (Fsp3) is 0.100. The highest BCUT2D eigenvalue weighted by Gasteiger charge is 2.07. The number of carbonyl (C=O) groups excluding carboxylic acids is 1. The molecular weight excluding hydrogens is 171 g/mol. The molecule has 0 N–H and O–H groups in total. The molecule has 2 rings (SSSR count). The Hall–Kier alpha value is -1.64. The van der Waals surface area contributed by atoms with Gasteiger partial charge in [0.1, 0.15) is 17.2 Å². The molecule has 1 aromatic carbocycles. The van der Waals surface area contributed by atoms with Crippen LogP contribution >= 0.6 is 0 Å². The molecule has 2 nitrogen and oxygen atoms in total. The minimum atomic E-state index is -0.421. The Morgan fingerprint density at radius 3 is 2.85 bits per heavy atom. The first-order valence-electron chi connectivity index (χ1n) is 3.85. The van der Waals surface area contributed by atoms with E-state index in [0.29, 0.717) is 23.0 Å². The molecule has 1 aromatic heterocycles. The van der Waals surface area contributed by atoms with E-state index in [1.807, 2.05) is 0 Å². The SMILES string of the molecule is Cc1cc2cc(F)cc(C=O)c2o1. The molecule has 0 aliphatic heterocycles. The third-order valence-electron chi connectivity index (χ3n) is 1.86. The molecule has 0 atom stereocenters. The number of furan rings is 1. The highest BCUT2D eigenvalue weighted by Crippen LogP contribution is 2.22. The van der Waals surface area contributed by atoms with E-state index in [1.54, 1.807) is 13.0 Å². The number of aldehydes is 1. The van der Waals surface area contributed by atoms with E-state index >= 15 is 0 Å². The molecular formula is C10H7FO2. The largest absolute Gasteiger partial charge is 0.461 e. The van der Waals surface area contributed by atoms with E-state index in [2.05, 4.69) is 0 Å². The second kappa shape index (κ2) is 2.69. The van der Waals surface area contributed by atoms with Gasteiger partial charge in [0.15, 0.2) is 6.29 Å². The van der Waals surface area contributed by atoms with Crippen molar-refractivity contribution in [2.45, 2.75) is 6.92 Å². The van der Waals surface area contributed by atoms with Crippen LogP contribution in [0.4, 0.5) is 4.39 Å². The zero-order valence-corrected chi connectivity index (χ0v) is 7.00. The fourth-order valence-electron chi connectivity index (χ4n) is 1.36. The quantitative estimate of drug-likeness (QED) is 0.628. The Labute approximate surface area is 74.0 Å². The summed E-state index contributed by atoms with van der Waals surface area (Å²) < 4.78 is 18.1. The Morgan fingerprint density at radius 1 is 1.38 bits per heavy atom. The van der Waals surface area contributed by atoms with Gasteiger partial charge in [-0.1, -0.05) is 0 Å². The normalized spacial score (nSPS) is 10.6. The summed E-state index contributed by atoms with van der Waals surface area (Å²) in [4.78, 5) is 10.6. The molecule has 0 radical (unpaired) electrons. The van der Waals surface area contributed by atoms with Gasteiger partial charge in [-0.15, -0.1) is 0 Å². The summed E-state index contributed by atoms with van der Waals surface area (Å²) >= 11 is 0. The van der Waals surface area contributed by atoms with Gasteiger partial charge in [-0.05, 0) is 25.1 Å². The third kappa shape index (κ3) is 1.22. The number of hydrogen-bond donors (Lipinski definition) is 0. The lowest BCUT2D eigenvalue weighted by Gasteiger charge is -1.93. The lowest BCUT2D eigenvalue weighted by atomic mass is 10.1. The van der Waals surface area contributed by atoms with Crippen molar-refractivity contribution in [3.8, 4) is 0 Å². The minimum Gasteiger partial charge on any atom is -0.461 e. The van der Waals surface area contributed by atoms with Crippen LogP contribution in [0.1, 0.15) is 16.1 Å². The maximum atomic E-state index is 12.9. The van der Waals surface area contributed by atoms with Crippen molar-refractivity contribution in [1.82, 2.24) is 0 Å². The van der Waals surface area contributed by atoms with Crippen LogP contribution in [0.5, 0.6) is 0 Å². The second-order valence-corrected chi connectivity index (χ2v) is 2.89. The average molecular weight is 178 g/mol. The molecule has 0 fully saturated rings. The van der Waals surface area contributed by atoms with Crippen LogP contribution in [0, 0.1) is 12.7 Å². The predicted octanol–water partition coefficient (Wildman–Crippen LogP) is 2.69. The Morgan fingerprint density at radius 2 is 2.15 bits per heavy atom. The average Bonchev–Trinajstić information content (AvgIpc) is 2.43. The van der Waals surface area contributed by atoms with E-state index in [9.17, 15) is 9.18 Å². The van der Waals surface area contributed by atoms with Gasteiger partial charge in [0.05, 0.1) is 5.56 Å². The van der Waals surface area contributed by atoms with Crippen molar-refractivity contribution in [3.05, 3.63) is 35.3 Å². The van der Waals surface area contributed by atoms with Crippen LogP contribution in [0.2, 0.25) is 0 Å². The van der Waals surface area contributed by atoms with Gasteiger partial charge in [0.25, 0.3) is 0 Å². The molecule has 0 aliphatic carbocycles. The summed E-state index contributed by atoms with van der Waals surface area (Å²) in [5.41, 5.74) is 0.706. The van der Waals surface area contributed by atoms with Crippen molar-refractivity contribution >= 4 is 17.3 Å². The smallest absolute Gasteiger partial charge is 0.153 e. The van der Waals surface area contributed by atoms with E-state index < -0.39 is 5.82 Å². The summed E-state index contributed by atoms with van der Waals surface area (Å²) in [5, 5.41) is 0.625. The highest BCUT2D eigenvalue weighted by molar-refractivity contribution is 5.94. The van der Waals surface area contributed by atoms with Crippen LogP contribution in [0.25, 0.3) is 11.0 Å². The molecule has 0 aliphatic rings. The third-order valence-corrected chi connectivity index (χ3v) is 1.86. The summed E-state index contributed by atoms with van der Waals surface area (Å²) in [7, 11) is 0. The number of carbonyl (C=O) groups is 1. The van der Waals surface area contributed by atoms with Crippen molar-refractivity contribution < 1.29 is 13.6 Å². The molecule has 1 heterocycles. The number of rotatable bonds is 1. The van der Waals surface area contributed by atoms with E-state index in [4.69, 9.17) is 4.42 Å². The summed E-state index contributed by atoms with van der Waals surface area (Å²) in [6.07, 6.45) is 0.592. The molecule has 0 bridgehead atoms. The summed E-state index contributed by atoms with van der Waals surface area (Å²) in [6, 6.07) is 4.21. The molecule has 0 saturated carbocycles. The molecule has 0 amide bonds. The van der Waals surface area contributed by atoms with Crippen LogP contribution in [0.15, 0.2) is 22.6 Å². The number of benzene rings is 1. The maximum absolute atomic E-state index is 12.9. The fourth-order valence-corrected chi connectivity index (χ4v) is 1.36. The first-order valence-corrected chi connectivity index (χ1v) is 3.85. The standard InChI is InChI=1S/C10H7FO2/c1-6-2-7-3-9(11)4-8(5-12)10(7)13-6/h2-5H,1H3. The van der Waals surface area contributed by atoms with Gasteiger partial charge < -0.3 is 4.42 Å². The van der Waals surface area contributed by atoms with Crippen molar-refractivity contribution in [2.24, 2.45) is 0 Å². The second-order valence-electron chi connectivity index (χ2n) is 2.89. The molecule has 2 aromatic rings. The zero-order chi connectivity index (χ0) is 9.42. The Balaban J connectivity index is 2.88. The Kier molecular flexibility index (Phi) is 1.65. The van der Waals surface area contributed by atoms with Crippen LogP contribution in [-0.4, -0.2) is 6.29 Å². The maximum Gasteiger partial charge on any atom is 0.153 e. The van der Waals surface area contributed by atoms with E-state index in [0.717, 1.165) is 6.07 Å². The molecule has 0 unspecified atom stereocenters. The van der Waals surface area contributed by atoms with Crippen molar-refractivity contribution in [1.29, 1.82) is 0 Å². The molecule has 3 heteroatoms. The molecule has 0 saturated heterocycles.